The van der Waals surface area contributed by atoms with E-state index in [1.807, 2.05) is 6.07 Å². The van der Waals surface area contributed by atoms with Crippen molar-refractivity contribution in [3.8, 4) is 5.88 Å². The van der Waals surface area contributed by atoms with Crippen LogP contribution < -0.4 is 10.5 Å². The molecule has 1 aromatic rings. The Morgan fingerprint density at radius 1 is 1.57 bits per heavy atom. The third-order valence-electron chi connectivity index (χ3n) is 2.47. The number of nitrogens with two attached hydrogens (primary N) is 1. The first-order valence-corrected chi connectivity index (χ1v) is 5.00. The first kappa shape index (κ1) is 9.40. The number of pyridine rings is 1. The summed E-state index contributed by atoms with van der Waals surface area (Å²) in [7, 11) is 1.59. The predicted molar refractivity (Wildman–Crippen MR) is 58.7 cm³/mol. The summed E-state index contributed by atoms with van der Waals surface area (Å²) in [5.41, 5.74) is 8.73. The average Bonchev–Trinajstić information content (AvgIpc) is 2.62. The van der Waals surface area contributed by atoms with E-state index in [2.05, 4.69) is 4.98 Å². The quantitative estimate of drug-likeness (QED) is 0.742. The van der Waals surface area contributed by atoms with E-state index in [0.717, 1.165) is 30.5 Å². The van der Waals surface area contributed by atoms with Gasteiger partial charge in [-0.05, 0) is 30.9 Å². The minimum Gasteiger partial charge on any atom is -0.480 e. The number of ether oxygens (including phenoxy) is 1. The first-order valence-electron chi connectivity index (χ1n) is 4.59. The highest BCUT2D eigenvalue weighted by Crippen LogP contribution is 2.26. The fourth-order valence-corrected chi connectivity index (χ4v) is 1.93. The highest BCUT2D eigenvalue weighted by molar-refractivity contribution is 7.80. The molecule has 2 N–H and O–H groups in total. The fourth-order valence-electron chi connectivity index (χ4n) is 1.79. The maximum absolute atomic E-state index is 5.60. The highest BCUT2D eigenvalue weighted by atomic mass is 32.1. The largest absolute Gasteiger partial charge is 0.480 e. The lowest BCUT2D eigenvalue weighted by atomic mass is 10.1. The number of rotatable bonds is 2. The zero-order chi connectivity index (χ0) is 10.1. The van der Waals surface area contributed by atoms with Gasteiger partial charge in [0.25, 0.3) is 0 Å². The number of thiocarbonyl (C=S) groups is 1. The van der Waals surface area contributed by atoms with Crippen LogP contribution in [-0.2, 0) is 12.8 Å². The molecule has 1 aromatic heterocycles. The minimum absolute atomic E-state index is 0.351. The molecule has 0 aromatic carbocycles. The van der Waals surface area contributed by atoms with Gasteiger partial charge in [0.1, 0.15) is 4.99 Å². The molecule has 0 bridgehead atoms. The van der Waals surface area contributed by atoms with Gasteiger partial charge in [-0.2, -0.15) is 0 Å². The number of hydrogen-bond acceptors (Lipinski definition) is 3. The molecule has 0 saturated carbocycles. The molecule has 0 radical (unpaired) electrons. The zero-order valence-electron chi connectivity index (χ0n) is 8.04. The molecule has 4 heteroatoms. The molecule has 0 saturated heterocycles. The standard InChI is InChI=1S/C10H12N2OS/c1-13-10-7(9(11)14)5-6-3-2-4-8(6)12-10/h5H,2-4H2,1H3,(H2,11,14). The molecule has 2 rings (SSSR count). The minimum atomic E-state index is 0.351. The van der Waals surface area contributed by atoms with Crippen LogP contribution in [-0.4, -0.2) is 17.1 Å². The van der Waals surface area contributed by atoms with Crippen LogP contribution in [0.5, 0.6) is 5.88 Å². The van der Waals surface area contributed by atoms with E-state index in [0.29, 0.717) is 10.9 Å². The number of fused-ring (bicyclic) bond motifs is 1. The molecule has 74 valence electrons. The van der Waals surface area contributed by atoms with Gasteiger partial charge in [-0.1, -0.05) is 12.2 Å². The van der Waals surface area contributed by atoms with Gasteiger partial charge in [0, 0.05) is 5.69 Å². The van der Waals surface area contributed by atoms with Gasteiger partial charge in [-0.25, -0.2) is 4.98 Å². The number of aromatic nitrogens is 1. The van der Waals surface area contributed by atoms with Crippen molar-refractivity contribution in [2.75, 3.05) is 7.11 Å². The lowest BCUT2D eigenvalue weighted by Gasteiger charge is -2.08. The number of aryl methyl sites for hydroxylation is 2. The van der Waals surface area contributed by atoms with E-state index < -0.39 is 0 Å². The van der Waals surface area contributed by atoms with Crippen LogP contribution in [0.1, 0.15) is 23.2 Å². The van der Waals surface area contributed by atoms with E-state index in [1.165, 1.54) is 5.56 Å². The molecular formula is C10H12N2OS. The van der Waals surface area contributed by atoms with Gasteiger partial charge in [-0.3, -0.25) is 0 Å². The number of hydrogen-bond donors (Lipinski definition) is 1. The Morgan fingerprint density at radius 2 is 2.36 bits per heavy atom. The van der Waals surface area contributed by atoms with Gasteiger partial charge < -0.3 is 10.5 Å². The van der Waals surface area contributed by atoms with Gasteiger partial charge in [0.15, 0.2) is 0 Å². The monoisotopic (exact) mass is 208 g/mol. The van der Waals surface area contributed by atoms with Crippen molar-refractivity contribution in [3.05, 3.63) is 22.9 Å². The third-order valence-corrected chi connectivity index (χ3v) is 2.69. The first-order chi connectivity index (χ1) is 6.72. The zero-order valence-corrected chi connectivity index (χ0v) is 8.86. The van der Waals surface area contributed by atoms with Crippen molar-refractivity contribution in [1.82, 2.24) is 4.98 Å². The predicted octanol–water partition coefficient (Wildman–Crippen LogP) is 1.21. The molecule has 3 nitrogen and oxygen atoms in total. The summed E-state index contributed by atoms with van der Waals surface area (Å²) in [4.78, 5) is 4.75. The van der Waals surface area contributed by atoms with Crippen LogP contribution in [0, 0.1) is 0 Å². The van der Waals surface area contributed by atoms with Gasteiger partial charge in [-0.15, -0.1) is 0 Å². The Labute approximate surface area is 88.3 Å². The van der Waals surface area contributed by atoms with Crippen molar-refractivity contribution >= 4 is 17.2 Å². The van der Waals surface area contributed by atoms with Crippen LogP contribution in [0.4, 0.5) is 0 Å². The Morgan fingerprint density at radius 3 is 3.00 bits per heavy atom. The Bertz CT molecular complexity index is 390. The molecule has 14 heavy (non-hydrogen) atoms. The fraction of sp³-hybridized carbons (Fsp3) is 0.400. The summed E-state index contributed by atoms with van der Waals surface area (Å²) in [6.45, 7) is 0. The molecule has 0 spiro atoms. The topological polar surface area (TPSA) is 48.1 Å². The molecule has 0 amide bonds. The Hall–Kier alpha value is -1.16. The van der Waals surface area contributed by atoms with Crippen molar-refractivity contribution in [2.24, 2.45) is 5.73 Å². The summed E-state index contributed by atoms with van der Waals surface area (Å²) in [5.74, 6) is 0.554. The summed E-state index contributed by atoms with van der Waals surface area (Å²) in [6.07, 6.45) is 3.26. The van der Waals surface area contributed by atoms with Gasteiger partial charge in [0.05, 0.1) is 12.7 Å². The molecule has 1 aliphatic rings. The maximum atomic E-state index is 5.60. The van der Waals surface area contributed by atoms with Crippen LogP contribution >= 0.6 is 12.2 Å². The summed E-state index contributed by atoms with van der Waals surface area (Å²) in [6, 6.07) is 2.01. The van der Waals surface area contributed by atoms with E-state index >= 15 is 0 Å². The van der Waals surface area contributed by atoms with Crippen LogP contribution in [0.2, 0.25) is 0 Å². The number of methoxy groups -OCH3 is 1. The molecule has 0 fully saturated rings. The van der Waals surface area contributed by atoms with E-state index in [4.69, 9.17) is 22.7 Å². The Balaban J connectivity index is 2.54. The van der Waals surface area contributed by atoms with Crippen molar-refractivity contribution < 1.29 is 4.74 Å². The van der Waals surface area contributed by atoms with Crippen molar-refractivity contribution in [2.45, 2.75) is 19.3 Å². The molecule has 1 aliphatic carbocycles. The van der Waals surface area contributed by atoms with Gasteiger partial charge >= 0.3 is 0 Å². The average molecular weight is 208 g/mol. The summed E-state index contributed by atoms with van der Waals surface area (Å²) < 4.78 is 5.15. The second-order valence-corrected chi connectivity index (χ2v) is 3.81. The molecule has 1 heterocycles. The third kappa shape index (κ3) is 1.46. The van der Waals surface area contributed by atoms with Crippen LogP contribution in [0.3, 0.4) is 0 Å². The lowest BCUT2D eigenvalue weighted by Crippen LogP contribution is -2.13. The summed E-state index contributed by atoms with van der Waals surface area (Å²) >= 11 is 4.94. The van der Waals surface area contributed by atoms with Crippen LogP contribution in [0.15, 0.2) is 6.07 Å². The van der Waals surface area contributed by atoms with E-state index in [-0.39, 0.29) is 0 Å². The van der Waals surface area contributed by atoms with Crippen LogP contribution in [0.25, 0.3) is 0 Å². The SMILES string of the molecule is COc1nc2c(cc1C(N)=S)CCC2. The summed E-state index contributed by atoms with van der Waals surface area (Å²) in [5, 5.41) is 0. The van der Waals surface area contributed by atoms with E-state index in [9.17, 15) is 0 Å². The second kappa shape index (κ2) is 3.53. The Kier molecular flexibility index (Phi) is 2.37. The second-order valence-electron chi connectivity index (χ2n) is 3.37. The van der Waals surface area contributed by atoms with Crippen molar-refractivity contribution in [3.63, 3.8) is 0 Å². The lowest BCUT2D eigenvalue weighted by molar-refractivity contribution is 0.395. The molecular weight excluding hydrogens is 196 g/mol. The number of nitrogens with zero attached hydrogens (tertiary/aromatic N) is 1. The highest BCUT2D eigenvalue weighted by Gasteiger charge is 2.17. The molecule has 0 unspecified atom stereocenters. The molecule has 0 aliphatic heterocycles. The molecule has 0 atom stereocenters. The smallest absolute Gasteiger partial charge is 0.223 e. The van der Waals surface area contributed by atoms with E-state index in [1.54, 1.807) is 7.11 Å². The van der Waals surface area contributed by atoms with Gasteiger partial charge in [0.2, 0.25) is 5.88 Å². The maximum Gasteiger partial charge on any atom is 0.223 e. The normalized spacial score (nSPS) is 13.8. The van der Waals surface area contributed by atoms with Crippen molar-refractivity contribution in [1.29, 1.82) is 0 Å².